The lowest BCUT2D eigenvalue weighted by atomic mass is 9.83. The molecule has 5 heteroatoms. The van der Waals surface area contributed by atoms with E-state index in [1.165, 1.54) is 0 Å². The Kier molecular flexibility index (Phi) is 2.76. The Morgan fingerprint density at radius 1 is 0.933 bits per heavy atom. The third-order valence-electron chi connectivity index (χ3n) is 2.30. The molecule has 0 bridgehead atoms. The summed E-state index contributed by atoms with van der Waals surface area (Å²) in [5, 5.41) is 0. The van der Waals surface area contributed by atoms with E-state index < -0.39 is 28.8 Å². The summed E-state index contributed by atoms with van der Waals surface area (Å²) in [7, 11) is 0. The molecular weight excluding hydrogens is 215 g/mol. The summed E-state index contributed by atoms with van der Waals surface area (Å²) in [6.45, 7) is 1.49. The highest BCUT2D eigenvalue weighted by molar-refractivity contribution is 5.29. The summed E-state index contributed by atoms with van der Waals surface area (Å²) in [6, 6.07) is 2.65. The Balaban J connectivity index is 3.39. The van der Waals surface area contributed by atoms with Gasteiger partial charge < -0.3 is 0 Å². The molecule has 0 saturated carbocycles. The first kappa shape index (κ1) is 11.9. The monoisotopic (exact) mass is 224 g/mol. The van der Waals surface area contributed by atoms with Gasteiger partial charge in [0.15, 0.2) is 0 Å². The molecule has 0 aliphatic rings. The first-order chi connectivity index (χ1) is 6.68. The molecule has 15 heavy (non-hydrogen) atoms. The number of alkyl halides is 3. The molecule has 1 aromatic carbocycles. The van der Waals surface area contributed by atoms with Crippen molar-refractivity contribution in [1.82, 2.24) is 0 Å². The van der Waals surface area contributed by atoms with Crippen LogP contribution in [0.5, 0.6) is 0 Å². The highest BCUT2D eigenvalue weighted by Gasteiger charge is 2.51. The average molecular weight is 224 g/mol. The minimum absolute atomic E-state index is 0.745. The first-order valence-electron chi connectivity index (χ1n) is 4.19. The summed E-state index contributed by atoms with van der Waals surface area (Å²) in [6.07, 6.45) is -4.70. The zero-order valence-corrected chi connectivity index (χ0v) is 8.12. The minimum atomic E-state index is -4.70. The second kappa shape index (κ2) is 3.47. The van der Waals surface area contributed by atoms with Crippen LogP contribution < -0.4 is 0 Å². The minimum Gasteiger partial charge on any atom is -0.207 e. The molecule has 0 radical (unpaired) electrons. The molecule has 0 heterocycles. The smallest absolute Gasteiger partial charge is 0.207 e. The molecule has 0 aromatic heterocycles. The van der Waals surface area contributed by atoms with Crippen molar-refractivity contribution < 1.29 is 22.0 Å². The molecule has 84 valence electrons. The lowest BCUT2D eigenvalue weighted by Crippen LogP contribution is -2.38. The fourth-order valence-electron chi connectivity index (χ4n) is 1.24. The van der Waals surface area contributed by atoms with Crippen molar-refractivity contribution in [3.63, 3.8) is 0 Å². The molecule has 0 saturated heterocycles. The van der Waals surface area contributed by atoms with Crippen LogP contribution in [0.25, 0.3) is 0 Å². The van der Waals surface area contributed by atoms with E-state index in [-0.39, 0.29) is 0 Å². The maximum absolute atomic E-state index is 13.1. The normalized spacial score (nSPS) is 13.0. The predicted octanol–water partition coefficient (Wildman–Crippen LogP) is 3.80. The van der Waals surface area contributed by atoms with Crippen LogP contribution in [0, 0.1) is 11.6 Å². The molecule has 0 unspecified atom stereocenters. The summed E-state index contributed by atoms with van der Waals surface area (Å²) < 4.78 is 63.9. The maximum atomic E-state index is 13.1. The van der Waals surface area contributed by atoms with Crippen LogP contribution in [0.4, 0.5) is 22.0 Å². The van der Waals surface area contributed by atoms with E-state index in [0.29, 0.717) is 0 Å². The number of rotatable bonds is 1. The number of benzene rings is 1. The molecule has 1 rings (SSSR count). The average Bonchev–Trinajstić information content (AvgIpc) is 2.00. The van der Waals surface area contributed by atoms with E-state index >= 15 is 0 Å². The van der Waals surface area contributed by atoms with Gasteiger partial charge in [-0.3, -0.25) is 0 Å². The number of hydrogen-bond acceptors (Lipinski definition) is 0. The molecule has 0 N–H and O–H groups in total. The Labute approximate surface area is 83.7 Å². The maximum Gasteiger partial charge on any atom is 0.398 e. The fraction of sp³-hybridized carbons (Fsp3) is 0.400. The Hall–Kier alpha value is -1.13. The van der Waals surface area contributed by atoms with Crippen LogP contribution >= 0.6 is 0 Å². The van der Waals surface area contributed by atoms with Crippen molar-refractivity contribution in [2.45, 2.75) is 25.4 Å². The second-order valence-corrected chi connectivity index (χ2v) is 3.72. The van der Waals surface area contributed by atoms with Crippen LogP contribution in [-0.4, -0.2) is 6.18 Å². The fourth-order valence-corrected chi connectivity index (χ4v) is 1.24. The van der Waals surface area contributed by atoms with Crippen LogP contribution in [-0.2, 0) is 5.41 Å². The number of halogens is 5. The van der Waals surface area contributed by atoms with Crippen molar-refractivity contribution in [3.05, 3.63) is 35.4 Å². The third-order valence-corrected chi connectivity index (χ3v) is 2.30. The molecule has 1 aromatic rings. The van der Waals surface area contributed by atoms with Crippen molar-refractivity contribution in [2.24, 2.45) is 0 Å². The van der Waals surface area contributed by atoms with Gasteiger partial charge in [0.25, 0.3) is 0 Å². The lowest BCUT2D eigenvalue weighted by molar-refractivity contribution is -0.181. The Bertz CT molecular complexity index is 344. The molecule has 0 amide bonds. The van der Waals surface area contributed by atoms with Crippen molar-refractivity contribution in [3.8, 4) is 0 Å². The molecule has 0 fully saturated rings. The highest BCUT2D eigenvalue weighted by Crippen LogP contribution is 2.42. The van der Waals surface area contributed by atoms with Gasteiger partial charge in [0, 0.05) is 5.56 Å². The molecule has 0 atom stereocenters. The van der Waals surface area contributed by atoms with Gasteiger partial charge in [0.1, 0.15) is 11.6 Å². The van der Waals surface area contributed by atoms with Gasteiger partial charge in [-0.25, -0.2) is 8.78 Å². The van der Waals surface area contributed by atoms with Crippen molar-refractivity contribution in [2.75, 3.05) is 0 Å². The first-order valence-corrected chi connectivity index (χ1v) is 4.19. The SMILES string of the molecule is CC(C)(c1c(F)cccc1F)C(F)(F)F. The van der Waals surface area contributed by atoms with Crippen molar-refractivity contribution >= 4 is 0 Å². The third kappa shape index (κ3) is 1.96. The topological polar surface area (TPSA) is 0 Å². The van der Waals surface area contributed by atoms with E-state index in [0.717, 1.165) is 32.0 Å². The molecular formula is C10H9F5. The molecule has 0 aliphatic heterocycles. The van der Waals surface area contributed by atoms with Gasteiger partial charge in [0.2, 0.25) is 0 Å². The van der Waals surface area contributed by atoms with E-state index in [9.17, 15) is 22.0 Å². The van der Waals surface area contributed by atoms with E-state index in [2.05, 4.69) is 0 Å². The van der Waals surface area contributed by atoms with Gasteiger partial charge in [0.05, 0.1) is 5.41 Å². The molecule has 0 nitrogen and oxygen atoms in total. The molecule has 0 aliphatic carbocycles. The zero-order valence-electron chi connectivity index (χ0n) is 8.12. The second-order valence-electron chi connectivity index (χ2n) is 3.72. The van der Waals surface area contributed by atoms with Crippen LogP contribution in [0.3, 0.4) is 0 Å². The number of hydrogen-bond donors (Lipinski definition) is 0. The van der Waals surface area contributed by atoms with Crippen LogP contribution in [0.1, 0.15) is 19.4 Å². The Morgan fingerprint density at radius 2 is 1.33 bits per heavy atom. The van der Waals surface area contributed by atoms with Gasteiger partial charge in [-0.05, 0) is 26.0 Å². The summed E-state index contributed by atoms with van der Waals surface area (Å²) in [5.41, 5.74) is -3.49. The van der Waals surface area contributed by atoms with Gasteiger partial charge in [-0.15, -0.1) is 0 Å². The summed E-state index contributed by atoms with van der Waals surface area (Å²) >= 11 is 0. The zero-order chi connectivity index (χ0) is 11.9. The predicted molar refractivity (Wildman–Crippen MR) is 45.4 cm³/mol. The van der Waals surface area contributed by atoms with Crippen molar-refractivity contribution in [1.29, 1.82) is 0 Å². The van der Waals surface area contributed by atoms with Gasteiger partial charge in [-0.2, -0.15) is 13.2 Å². The summed E-state index contributed by atoms with van der Waals surface area (Å²) in [4.78, 5) is 0. The van der Waals surface area contributed by atoms with E-state index in [1.54, 1.807) is 0 Å². The van der Waals surface area contributed by atoms with Gasteiger partial charge in [-0.1, -0.05) is 6.07 Å². The Morgan fingerprint density at radius 3 is 1.67 bits per heavy atom. The lowest BCUT2D eigenvalue weighted by Gasteiger charge is -2.28. The largest absolute Gasteiger partial charge is 0.398 e. The highest BCUT2D eigenvalue weighted by atomic mass is 19.4. The van der Waals surface area contributed by atoms with E-state index in [4.69, 9.17) is 0 Å². The van der Waals surface area contributed by atoms with E-state index in [1.807, 2.05) is 0 Å². The van der Waals surface area contributed by atoms with Crippen LogP contribution in [0.2, 0.25) is 0 Å². The standard InChI is InChI=1S/C10H9F5/c1-9(2,10(13,14)15)8-6(11)4-3-5-7(8)12/h3-5H,1-2H3. The van der Waals surface area contributed by atoms with Crippen LogP contribution in [0.15, 0.2) is 18.2 Å². The van der Waals surface area contributed by atoms with Gasteiger partial charge >= 0.3 is 6.18 Å². The summed E-state index contributed by atoms with van der Waals surface area (Å²) in [5.74, 6) is -2.37. The molecule has 0 spiro atoms. The quantitative estimate of drug-likeness (QED) is 0.636.